The molecule has 0 saturated carbocycles. The molecule has 0 aromatic rings. The molecular formula is C2NO2+. The SMILES string of the molecule is [C-]#[N+]C1=[O+]O1. The molecule has 0 amide bonds. The predicted molar refractivity (Wildman–Crippen MR) is 13.1 cm³/mol. The quantitative estimate of drug-likeness (QED) is 0.232. The maximum absolute atomic E-state index is 6.06. The summed E-state index contributed by atoms with van der Waals surface area (Å²) in [4.78, 5) is 6.64. The van der Waals surface area contributed by atoms with Crippen molar-refractivity contribution in [2.75, 3.05) is 0 Å². The lowest BCUT2D eigenvalue weighted by molar-refractivity contribution is -0.322. The average molecular weight is 70.0 g/mol. The molecular weight excluding hydrogens is 70.0 g/mol. The average Bonchev–Trinajstić information content (AvgIpc) is 2.12. The van der Waals surface area contributed by atoms with Gasteiger partial charge in [0, 0.05) is 9.46 Å². The molecule has 1 aliphatic rings. The number of carbonyl (C=O) groups excluding carboxylic acids is 1. The first-order chi connectivity index (χ1) is 2.43. The van der Waals surface area contributed by atoms with Crippen LogP contribution in [0.3, 0.4) is 0 Å². The van der Waals surface area contributed by atoms with Crippen LogP contribution in [0.5, 0.6) is 0 Å². The van der Waals surface area contributed by atoms with Crippen LogP contribution in [0, 0.1) is 6.57 Å². The summed E-state index contributed by atoms with van der Waals surface area (Å²) in [6, 6.07) is 0. The monoisotopic (exact) mass is 70.0 g/mol. The molecule has 0 radical (unpaired) electrons. The van der Waals surface area contributed by atoms with Crippen molar-refractivity contribution < 1.29 is 9.46 Å². The molecule has 0 spiro atoms. The molecule has 0 fully saturated rings. The van der Waals surface area contributed by atoms with E-state index in [0.717, 1.165) is 0 Å². The molecule has 0 unspecified atom stereocenters. The lowest BCUT2D eigenvalue weighted by Gasteiger charge is -1.17. The van der Waals surface area contributed by atoms with Crippen molar-refractivity contribution in [2.45, 2.75) is 0 Å². The van der Waals surface area contributed by atoms with Crippen molar-refractivity contribution in [3.63, 3.8) is 0 Å². The molecule has 0 atom stereocenters. The molecule has 5 heavy (non-hydrogen) atoms. The highest BCUT2D eigenvalue weighted by atomic mass is 17.3. The summed E-state index contributed by atoms with van der Waals surface area (Å²) < 4.78 is 3.92. The topological polar surface area (TPSA) is 28.2 Å². The van der Waals surface area contributed by atoms with Gasteiger partial charge in [-0.3, -0.25) is 0 Å². The minimum atomic E-state index is 0.0463. The van der Waals surface area contributed by atoms with Gasteiger partial charge < -0.3 is 0 Å². The van der Waals surface area contributed by atoms with Crippen LogP contribution < -0.4 is 0 Å². The summed E-state index contributed by atoms with van der Waals surface area (Å²) >= 11 is 0. The number of rotatable bonds is 0. The van der Waals surface area contributed by atoms with Gasteiger partial charge >= 0.3 is 6.09 Å². The van der Waals surface area contributed by atoms with Crippen molar-refractivity contribution in [3.8, 4) is 0 Å². The van der Waals surface area contributed by atoms with Gasteiger partial charge in [0.15, 0.2) is 0 Å². The standard InChI is InChI=1S/C2NO2/c1-3-2-4-5-2/q+1. The molecule has 3 nitrogen and oxygen atoms in total. The first kappa shape index (κ1) is 2.21. The molecule has 1 heterocycles. The van der Waals surface area contributed by atoms with Crippen LogP contribution in [-0.2, 0) is 4.89 Å². The Morgan fingerprint density at radius 3 is 2.60 bits per heavy atom. The highest BCUT2D eigenvalue weighted by Crippen LogP contribution is 2.06. The molecule has 0 aromatic carbocycles. The van der Waals surface area contributed by atoms with E-state index in [9.17, 15) is 0 Å². The van der Waals surface area contributed by atoms with Crippen molar-refractivity contribution >= 4 is 6.09 Å². The largest absolute Gasteiger partial charge is 0.902 e. The number of amides is 1. The maximum Gasteiger partial charge on any atom is 0.902 e. The zero-order valence-electron chi connectivity index (χ0n) is 2.26. The van der Waals surface area contributed by atoms with E-state index in [0.29, 0.717) is 0 Å². The van der Waals surface area contributed by atoms with Gasteiger partial charge in [-0.05, 0) is 0 Å². The zero-order chi connectivity index (χ0) is 3.70. The maximum atomic E-state index is 6.06. The van der Waals surface area contributed by atoms with E-state index in [-0.39, 0.29) is 6.09 Å². The van der Waals surface area contributed by atoms with Crippen LogP contribution in [0.1, 0.15) is 0 Å². The summed E-state index contributed by atoms with van der Waals surface area (Å²) in [6.07, 6.45) is 0.0463. The third-order valence-electron chi connectivity index (χ3n) is 0.249. The minimum absolute atomic E-state index is 0.0463. The number of hydrogen-bond donors (Lipinski definition) is 0. The van der Waals surface area contributed by atoms with Gasteiger partial charge in [-0.1, -0.05) is 4.85 Å². The van der Waals surface area contributed by atoms with Crippen molar-refractivity contribution in [1.82, 2.24) is 0 Å². The molecule has 1 rings (SSSR count). The predicted octanol–water partition coefficient (Wildman–Crippen LogP) is 0.507. The van der Waals surface area contributed by atoms with Crippen molar-refractivity contribution in [1.29, 1.82) is 0 Å². The van der Waals surface area contributed by atoms with Crippen LogP contribution in [0.4, 0.5) is 4.58 Å². The highest BCUT2D eigenvalue weighted by Gasteiger charge is 2.41. The Bertz CT molecular complexity index is 109. The summed E-state index contributed by atoms with van der Waals surface area (Å²) in [5.41, 5.74) is 0. The van der Waals surface area contributed by atoms with E-state index in [1.165, 1.54) is 0 Å². The fourth-order valence-electron chi connectivity index (χ4n) is 0.0559. The Kier molecular flexibility index (Phi) is 0.205. The van der Waals surface area contributed by atoms with Crippen molar-refractivity contribution in [3.05, 3.63) is 11.4 Å². The van der Waals surface area contributed by atoms with Gasteiger partial charge in [0.05, 0.1) is 0 Å². The molecule has 24 valence electrons. The first-order valence-electron chi connectivity index (χ1n) is 1.02. The normalized spacial score (nSPS) is 14.6. The molecule has 0 saturated heterocycles. The van der Waals surface area contributed by atoms with Crippen LogP contribution in [0.15, 0.2) is 0 Å². The van der Waals surface area contributed by atoms with E-state index < -0.39 is 0 Å². The van der Waals surface area contributed by atoms with Crippen LogP contribution in [0.2, 0.25) is 0 Å². The Morgan fingerprint density at radius 2 is 2.60 bits per heavy atom. The van der Waals surface area contributed by atoms with Gasteiger partial charge in [0.25, 0.3) is 0 Å². The van der Waals surface area contributed by atoms with Gasteiger partial charge in [-0.25, -0.2) is 0 Å². The second-order valence-corrected chi connectivity index (χ2v) is 0.544. The second kappa shape index (κ2) is 0.462. The van der Waals surface area contributed by atoms with E-state index in [2.05, 4.69) is 14.3 Å². The van der Waals surface area contributed by atoms with E-state index >= 15 is 0 Å². The summed E-state index contributed by atoms with van der Waals surface area (Å²) in [5.74, 6) is 0. The number of hydrogen-bond acceptors (Lipinski definition) is 1. The Hall–Kier alpha value is -1.04. The van der Waals surface area contributed by atoms with Crippen LogP contribution >= 0.6 is 0 Å². The van der Waals surface area contributed by atoms with Gasteiger partial charge in [0.2, 0.25) is 0 Å². The van der Waals surface area contributed by atoms with Crippen LogP contribution in [0.25, 0.3) is 4.85 Å². The van der Waals surface area contributed by atoms with E-state index in [4.69, 9.17) is 6.57 Å². The third kappa shape index (κ3) is 0.174. The summed E-state index contributed by atoms with van der Waals surface area (Å²) in [5, 5.41) is 0. The molecule has 3 heteroatoms. The summed E-state index contributed by atoms with van der Waals surface area (Å²) in [6.45, 7) is 6.06. The zero-order valence-corrected chi connectivity index (χ0v) is 2.26. The van der Waals surface area contributed by atoms with Crippen molar-refractivity contribution in [2.24, 2.45) is 0 Å². The third-order valence-corrected chi connectivity index (χ3v) is 0.249. The molecule has 0 bridgehead atoms. The smallest absolute Gasteiger partial charge is 0.0903 e. The van der Waals surface area contributed by atoms with Crippen LogP contribution in [-0.4, -0.2) is 6.09 Å². The summed E-state index contributed by atoms with van der Waals surface area (Å²) in [7, 11) is 0. The van der Waals surface area contributed by atoms with Gasteiger partial charge in [-0.15, -0.1) is 0 Å². The fourth-order valence-corrected chi connectivity index (χ4v) is 0.0559. The highest BCUT2D eigenvalue weighted by molar-refractivity contribution is 5.81. The van der Waals surface area contributed by atoms with E-state index in [1.807, 2.05) is 0 Å². The second-order valence-electron chi connectivity index (χ2n) is 0.544. The first-order valence-corrected chi connectivity index (χ1v) is 1.02. The Morgan fingerprint density at radius 1 is 2.00 bits per heavy atom. The van der Waals surface area contributed by atoms with E-state index in [1.54, 1.807) is 0 Å². The fraction of sp³-hybridized carbons (Fsp3) is 0. The van der Waals surface area contributed by atoms with Gasteiger partial charge in [0.1, 0.15) is 6.57 Å². The molecule has 1 aliphatic heterocycles. The minimum Gasteiger partial charge on any atom is -0.0903 e. The number of nitrogens with zero attached hydrogens (tertiary/aromatic N) is 1. The Balaban J connectivity index is 2.59. The van der Waals surface area contributed by atoms with Gasteiger partial charge in [-0.2, -0.15) is 0 Å². The molecule has 0 aliphatic carbocycles. The molecule has 0 aromatic heterocycles. The Labute approximate surface area is 28.2 Å². The molecule has 0 N–H and O–H groups in total. The lowest BCUT2D eigenvalue weighted by Crippen LogP contribution is -1.56. The lowest BCUT2D eigenvalue weighted by atomic mass is 11.3.